The van der Waals surface area contributed by atoms with Crippen LogP contribution in [0.5, 0.6) is 0 Å². The van der Waals surface area contributed by atoms with Crippen molar-refractivity contribution in [2.24, 2.45) is 5.92 Å². The topological polar surface area (TPSA) is 12.0 Å². The minimum Gasteiger partial charge on any atom is -0.377 e. The molecule has 1 nitrogen and oxygen atoms in total. The molecule has 3 aromatic rings. The summed E-state index contributed by atoms with van der Waals surface area (Å²) in [5, 5.41) is 5.49. The third-order valence-corrected chi connectivity index (χ3v) is 5.86. The second kappa shape index (κ2) is 5.88. The Morgan fingerprint density at radius 3 is 2.44 bits per heavy atom. The smallest absolute Gasteiger partial charge is 0.377 e. The monoisotopic (exact) mass is 365 g/mol. The van der Waals surface area contributed by atoms with Crippen LogP contribution in [0.15, 0.2) is 72.8 Å². The zero-order chi connectivity index (χ0) is 18.6. The van der Waals surface area contributed by atoms with Crippen LogP contribution < -0.4 is 5.32 Å². The number of halogens is 3. The highest BCUT2D eigenvalue weighted by atomic mass is 19.4. The van der Waals surface area contributed by atoms with Crippen molar-refractivity contribution in [1.82, 2.24) is 0 Å². The van der Waals surface area contributed by atoms with E-state index in [1.54, 1.807) is 0 Å². The summed E-state index contributed by atoms with van der Waals surface area (Å²) in [6, 6.07) is 18.5. The van der Waals surface area contributed by atoms with E-state index >= 15 is 0 Å². The van der Waals surface area contributed by atoms with Gasteiger partial charge in [-0.1, -0.05) is 66.7 Å². The number of nitrogens with one attached hydrogen (secondary N) is 1. The number of hydrogen-bond acceptors (Lipinski definition) is 1. The van der Waals surface area contributed by atoms with Crippen LogP contribution in [-0.2, 0) is 6.18 Å². The van der Waals surface area contributed by atoms with Crippen molar-refractivity contribution >= 4 is 16.5 Å². The fourth-order valence-electron chi connectivity index (χ4n) is 4.69. The van der Waals surface area contributed by atoms with Gasteiger partial charge in [0, 0.05) is 5.92 Å². The first-order valence-corrected chi connectivity index (χ1v) is 9.15. The Balaban J connectivity index is 1.71. The molecule has 136 valence electrons. The van der Waals surface area contributed by atoms with Crippen molar-refractivity contribution in [3.63, 3.8) is 0 Å². The Kier molecular flexibility index (Phi) is 3.58. The van der Waals surface area contributed by atoms with Gasteiger partial charge in [0.25, 0.3) is 0 Å². The number of rotatable bonds is 1. The zero-order valence-corrected chi connectivity index (χ0v) is 14.5. The molecule has 1 aliphatic heterocycles. The van der Waals surface area contributed by atoms with Gasteiger partial charge in [-0.25, -0.2) is 0 Å². The Morgan fingerprint density at radius 1 is 0.852 bits per heavy atom. The van der Waals surface area contributed by atoms with E-state index in [4.69, 9.17) is 0 Å². The zero-order valence-electron chi connectivity index (χ0n) is 14.5. The predicted molar refractivity (Wildman–Crippen MR) is 102 cm³/mol. The second-order valence-corrected chi connectivity index (χ2v) is 7.31. The average Bonchev–Trinajstić information content (AvgIpc) is 3.16. The number of anilines is 1. The molecule has 3 atom stereocenters. The fraction of sp³-hybridized carbons (Fsp3) is 0.217. The molecule has 0 radical (unpaired) electrons. The minimum atomic E-state index is -4.38. The van der Waals surface area contributed by atoms with Crippen molar-refractivity contribution < 1.29 is 13.2 Å². The summed E-state index contributed by atoms with van der Waals surface area (Å²) in [5.41, 5.74) is 1.47. The van der Waals surface area contributed by atoms with Gasteiger partial charge in [-0.15, -0.1) is 0 Å². The second-order valence-electron chi connectivity index (χ2n) is 7.31. The Labute approximate surface area is 155 Å². The summed E-state index contributed by atoms with van der Waals surface area (Å²) in [6.07, 6.45) is 0.658. The van der Waals surface area contributed by atoms with Crippen LogP contribution in [0.2, 0.25) is 0 Å². The van der Waals surface area contributed by atoms with Crippen LogP contribution >= 0.6 is 0 Å². The largest absolute Gasteiger partial charge is 0.418 e. The molecule has 0 aromatic heterocycles. The summed E-state index contributed by atoms with van der Waals surface area (Å²) in [4.78, 5) is 0. The molecule has 0 fully saturated rings. The highest BCUT2D eigenvalue weighted by Gasteiger charge is 2.43. The maximum atomic E-state index is 13.6. The number of alkyl halides is 3. The molecule has 1 N–H and O–H groups in total. The van der Waals surface area contributed by atoms with Gasteiger partial charge in [0.15, 0.2) is 0 Å². The third-order valence-electron chi connectivity index (χ3n) is 5.86. The van der Waals surface area contributed by atoms with E-state index in [0.29, 0.717) is 0 Å². The van der Waals surface area contributed by atoms with Crippen LogP contribution in [0.1, 0.15) is 35.1 Å². The van der Waals surface area contributed by atoms with Crippen LogP contribution in [0.25, 0.3) is 10.8 Å². The van der Waals surface area contributed by atoms with Crippen LogP contribution in [0.3, 0.4) is 0 Å². The molecule has 2 aliphatic rings. The van der Waals surface area contributed by atoms with Gasteiger partial charge < -0.3 is 5.32 Å². The van der Waals surface area contributed by atoms with Crippen molar-refractivity contribution in [2.45, 2.75) is 24.6 Å². The lowest BCUT2D eigenvalue weighted by atomic mass is 9.75. The van der Waals surface area contributed by atoms with Crippen LogP contribution in [0.4, 0.5) is 18.9 Å². The summed E-state index contributed by atoms with van der Waals surface area (Å²) >= 11 is 0. The van der Waals surface area contributed by atoms with E-state index in [1.807, 2.05) is 42.5 Å². The van der Waals surface area contributed by atoms with Gasteiger partial charge >= 0.3 is 6.18 Å². The number of fused-ring (bicyclic) bond motifs is 4. The molecule has 3 aromatic carbocycles. The molecule has 1 aliphatic carbocycles. The molecule has 0 amide bonds. The Bertz CT molecular complexity index is 1050. The molecule has 27 heavy (non-hydrogen) atoms. The van der Waals surface area contributed by atoms with Crippen molar-refractivity contribution in [1.29, 1.82) is 0 Å². The first-order valence-electron chi connectivity index (χ1n) is 9.15. The standard InChI is InChI=1S/C23H18F3N/c24-23(25,26)20-13-5-12-19-16-9-4-11-18(16)21(27-22(19)20)17-10-3-7-14-6-1-2-8-15(14)17/h1-10,12-13,16,18,21,27H,11H2/t16-,18+,21+/m0/s1. The molecule has 0 bridgehead atoms. The first kappa shape index (κ1) is 16.4. The molecule has 4 heteroatoms. The Morgan fingerprint density at radius 2 is 1.59 bits per heavy atom. The predicted octanol–water partition coefficient (Wildman–Crippen LogP) is 6.69. The highest BCUT2D eigenvalue weighted by molar-refractivity contribution is 5.87. The lowest BCUT2D eigenvalue weighted by Crippen LogP contribution is -2.30. The first-order chi connectivity index (χ1) is 13.0. The lowest BCUT2D eigenvalue weighted by Gasteiger charge is -2.39. The Hall–Kier alpha value is -2.75. The van der Waals surface area contributed by atoms with Crippen LogP contribution in [0, 0.1) is 5.92 Å². The summed E-state index contributed by atoms with van der Waals surface area (Å²) in [7, 11) is 0. The van der Waals surface area contributed by atoms with E-state index < -0.39 is 11.7 Å². The fourth-order valence-corrected chi connectivity index (χ4v) is 4.69. The summed E-state index contributed by atoms with van der Waals surface area (Å²) in [6.45, 7) is 0. The summed E-state index contributed by atoms with van der Waals surface area (Å²) in [5.74, 6) is 0.222. The number of hydrogen-bond donors (Lipinski definition) is 1. The van der Waals surface area contributed by atoms with Gasteiger partial charge in [-0.05, 0) is 40.3 Å². The maximum Gasteiger partial charge on any atom is 0.418 e. The maximum absolute atomic E-state index is 13.6. The molecule has 0 unspecified atom stereocenters. The quantitative estimate of drug-likeness (QED) is 0.474. The molecule has 1 heterocycles. The van der Waals surface area contributed by atoms with Gasteiger partial charge in [-0.2, -0.15) is 13.2 Å². The van der Waals surface area contributed by atoms with Crippen molar-refractivity contribution in [3.05, 3.63) is 89.5 Å². The third kappa shape index (κ3) is 2.54. The van der Waals surface area contributed by atoms with E-state index in [9.17, 15) is 13.2 Å². The molecular weight excluding hydrogens is 347 g/mol. The highest BCUT2D eigenvalue weighted by Crippen LogP contribution is 2.53. The SMILES string of the molecule is FC(F)(F)c1cccc2c1N[C@H](c1cccc3ccccc13)[C@@H]1CC=C[C@H]21. The number of benzene rings is 3. The van der Waals surface area contributed by atoms with Gasteiger partial charge in [0.05, 0.1) is 17.3 Å². The lowest BCUT2D eigenvalue weighted by molar-refractivity contribution is -0.137. The molecule has 0 saturated heterocycles. The minimum absolute atomic E-state index is 0.00696. The van der Waals surface area contributed by atoms with Gasteiger partial charge in [-0.3, -0.25) is 0 Å². The van der Waals surface area contributed by atoms with E-state index in [0.717, 1.165) is 28.3 Å². The van der Waals surface area contributed by atoms with Gasteiger partial charge in [0.1, 0.15) is 0 Å². The van der Waals surface area contributed by atoms with Gasteiger partial charge in [0.2, 0.25) is 0 Å². The molecular formula is C23H18F3N. The number of para-hydroxylation sites is 1. The van der Waals surface area contributed by atoms with E-state index in [2.05, 4.69) is 23.5 Å². The van der Waals surface area contributed by atoms with Crippen LogP contribution in [-0.4, -0.2) is 0 Å². The van der Waals surface area contributed by atoms with E-state index in [1.165, 1.54) is 12.1 Å². The van der Waals surface area contributed by atoms with Crippen molar-refractivity contribution in [2.75, 3.05) is 5.32 Å². The number of allylic oxidation sites excluding steroid dienone is 2. The molecule has 0 spiro atoms. The summed E-state index contributed by atoms with van der Waals surface area (Å²) < 4.78 is 40.9. The molecule has 5 rings (SSSR count). The normalized spacial score (nSPS) is 23.7. The van der Waals surface area contributed by atoms with Crippen molar-refractivity contribution in [3.8, 4) is 0 Å². The van der Waals surface area contributed by atoms with E-state index in [-0.39, 0.29) is 23.6 Å². The average molecular weight is 365 g/mol. The molecule has 0 saturated carbocycles.